The molecule has 0 radical (unpaired) electrons. The highest BCUT2D eigenvalue weighted by molar-refractivity contribution is 6.60. The summed E-state index contributed by atoms with van der Waals surface area (Å²) < 4.78 is 0. The zero-order chi connectivity index (χ0) is 10.0. The molecule has 0 bridgehead atoms. The molecule has 0 unspecified atom stereocenters. The van der Waals surface area contributed by atoms with E-state index in [0.29, 0.717) is 11.0 Å². The minimum Gasteiger partial charge on any atom is -0.423 e. The van der Waals surface area contributed by atoms with Crippen molar-refractivity contribution in [3.63, 3.8) is 0 Å². The molecule has 13 heavy (non-hydrogen) atoms. The van der Waals surface area contributed by atoms with E-state index in [0.717, 1.165) is 5.56 Å². The smallest absolute Gasteiger partial charge is 0.423 e. The van der Waals surface area contributed by atoms with Gasteiger partial charge in [-0.25, -0.2) is 0 Å². The molecule has 0 heterocycles. The maximum atomic E-state index is 10.3. The van der Waals surface area contributed by atoms with Gasteiger partial charge in [0.1, 0.15) is 5.69 Å². The molecule has 0 atom stereocenters. The SMILES string of the molecule is Cc1ccc(N=O)c(C)c1B(O)O. The van der Waals surface area contributed by atoms with Crippen molar-refractivity contribution in [2.75, 3.05) is 0 Å². The van der Waals surface area contributed by atoms with E-state index in [2.05, 4.69) is 5.18 Å². The molecule has 1 rings (SSSR count). The number of rotatable bonds is 2. The van der Waals surface area contributed by atoms with Crippen LogP contribution in [0, 0.1) is 18.8 Å². The summed E-state index contributed by atoms with van der Waals surface area (Å²) in [4.78, 5) is 10.3. The predicted molar refractivity (Wildman–Crippen MR) is 51.2 cm³/mol. The van der Waals surface area contributed by atoms with Crippen molar-refractivity contribution >= 4 is 18.3 Å². The number of nitrogens with zero attached hydrogens (tertiary/aromatic N) is 1. The second-order valence-electron chi connectivity index (χ2n) is 2.91. The second kappa shape index (κ2) is 3.68. The van der Waals surface area contributed by atoms with Crippen molar-refractivity contribution in [1.82, 2.24) is 0 Å². The summed E-state index contributed by atoms with van der Waals surface area (Å²) in [5, 5.41) is 20.8. The van der Waals surface area contributed by atoms with Gasteiger partial charge in [0.25, 0.3) is 0 Å². The van der Waals surface area contributed by atoms with Crippen LogP contribution in [0.2, 0.25) is 0 Å². The van der Waals surface area contributed by atoms with Crippen LogP contribution < -0.4 is 5.46 Å². The summed E-state index contributed by atoms with van der Waals surface area (Å²) in [6, 6.07) is 3.20. The Morgan fingerprint density at radius 2 is 1.92 bits per heavy atom. The molecule has 0 aliphatic rings. The maximum Gasteiger partial charge on any atom is 0.489 e. The fourth-order valence-corrected chi connectivity index (χ4v) is 1.35. The third kappa shape index (κ3) is 1.76. The molecule has 0 saturated heterocycles. The topological polar surface area (TPSA) is 69.9 Å². The predicted octanol–water partition coefficient (Wildman–Crippen LogP) is 0.381. The van der Waals surface area contributed by atoms with E-state index in [9.17, 15) is 4.91 Å². The van der Waals surface area contributed by atoms with E-state index in [1.807, 2.05) is 0 Å². The highest BCUT2D eigenvalue weighted by atomic mass is 16.4. The molecule has 68 valence electrons. The Hall–Kier alpha value is -1.20. The fraction of sp³-hybridized carbons (Fsp3) is 0.250. The van der Waals surface area contributed by atoms with Crippen molar-refractivity contribution in [3.8, 4) is 0 Å². The fourth-order valence-electron chi connectivity index (χ4n) is 1.35. The average molecular weight is 179 g/mol. The molecule has 0 amide bonds. The third-order valence-corrected chi connectivity index (χ3v) is 2.06. The van der Waals surface area contributed by atoms with Gasteiger partial charge in [-0.1, -0.05) is 11.6 Å². The van der Waals surface area contributed by atoms with Crippen molar-refractivity contribution < 1.29 is 10.0 Å². The zero-order valence-corrected chi connectivity index (χ0v) is 7.48. The molecule has 1 aromatic carbocycles. The number of nitroso groups, excluding NO2 is 1. The first kappa shape index (κ1) is 9.89. The van der Waals surface area contributed by atoms with Gasteiger partial charge in [0.05, 0.1) is 0 Å². The van der Waals surface area contributed by atoms with E-state index in [4.69, 9.17) is 10.0 Å². The number of benzene rings is 1. The van der Waals surface area contributed by atoms with E-state index >= 15 is 0 Å². The van der Waals surface area contributed by atoms with Crippen molar-refractivity contribution in [3.05, 3.63) is 28.2 Å². The Kier molecular flexibility index (Phi) is 2.80. The van der Waals surface area contributed by atoms with Gasteiger partial charge in [0.2, 0.25) is 0 Å². The van der Waals surface area contributed by atoms with Crippen LogP contribution in [0.1, 0.15) is 11.1 Å². The summed E-state index contributed by atoms with van der Waals surface area (Å²) in [5.41, 5.74) is 1.86. The van der Waals surface area contributed by atoms with Crippen LogP contribution >= 0.6 is 0 Å². The Morgan fingerprint density at radius 3 is 2.38 bits per heavy atom. The van der Waals surface area contributed by atoms with Crippen molar-refractivity contribution in [1.29, 1.82) is 0 Å². The van der Waals surface area contributed by atoms with Crippen LogP contribution in [0.25, 0.3) is 0 Å². The highest BCUT2D eigenvalue weighted by Crippen LogP contribution is 2.17. The average Bonchev–Trinajstić information content (AvgIpc) is 2.04. The summed E-state index contributed by atoms with van der Waals surface area (Å²) in [6.07, 6.45) is 0. The Morgan fingerprint density at radius 1 is 1.31 bits per heavy atom. The van der Waals surface area contributed by atoms with Gasteiger partial charge in [-0.2, -0.15) is 0 Å². The molecule has 1 aromatic rings. The van der Waals surface area contributed by atoms with Crippen molar-refractivity contribution in [2.45, 2.75) is 13.8 Å². The number of hydrogen-bond donors (Lipinski definition) is 2. The Labute approximate surface area is 76.3 Å². The van der Waals surface area contributed by atoms with Crippen LogP contribution in [0.5, 0.6) is 0 Å². The van der Waals surface area contributed by atoms with Crippen LogP contribution in [-0.2, 0) is 0 Å². The molecule has 0 aliphatic carbocycles. The standard InChI is InChI=1S/C8H10BNO3/c1-5-3-4-7(10-13)6(2)8(5)9(11)12/h3-4,11-12H,1-2H3. The Bertz CT molecular complexity index is 338. The molecule has 5 heteroatoms. The summed E-state index contributed by atoms with van der Waals surface area (Å²) in [7, 11) is -1.55. The minimum atomic E-state index is -1.55. The lowest BCUT2D eigenvalue weighted by Crippen LogP contribution is -2.34. The monoisotopic (exact) mass is 179 g/mol. The molecule has 0 aliphatic heterocycles. The molecule has 0 spiro atoms. The van der Waals surface area contributed by atoms with Crippen LogP contribution in [0.4, 0.5) is 5.69 Å². The minimum absolute atomic E-state index is 0.244. The lowest BCUT2D eigenvalue weighted by atomic mass is 9.74. The van der Waals surface area contributed by atoms with Crippen LogP contribution in [0.3, 0.4) is 0 Å². The second-order valence-corrected chi connectivity index (χ2v) is 2.91. The first-order valence-electron chi connectivity index (χ1n) is 3.87. The van der Waals surface area contributed by atoms with Gasteiger partial charge in [-0.05, 0) is 36.1 Å². The lowest BCUT2D eigenvalue weighted by Gasteiger charge is -2.09. The van der Waals surface area contributed by atoms with Crippen LogP contribution in [-0.4, -0.2) is 17.2 Å². The third-order valence-electron chi connectivity index (χ3n) is 2.06. The van der Waals surface area contributed by atoms with Gasteiger partial charge in [0, 0.05) is 0 Å². The van der Waals surface area contributed by atoms with E-state index in [-0.39, 0.29) is 5.69 Å². The highest BCUT2D eigenvalue weighted by Gasteiger charge is 2.18. The molecule has 0 saturated carbocycles. The van der Waals surface area contributed by atoms with Gasteiger partial charge in [0.15, 0.2) is 0 Å². The van der Waals surface area contributed by atoms with Gasteiger partial charge in [-0.3, -0.25) is 0 Å². The first-order chi connectivity index (χ1) is 6.07. The number of hydrogen-bond acceptors (Lipinski definition) is 4. The summed E-state index contributed by atoms with van der Waals surface area (Å²) in [6.45, 7) is 3.38. The Balaban J connectivity index is 3.38. The molecular weight excluding hydrogens is 169 g/mol. The maximum absolute atomic E-state index is 10.3. The molecule has 2 N–H and O–H groups in total. The normalized spacial score (nSPS) is 9.85. The molecule has 0 fully saturated rings. The largest absolute Gasteiger partial charge is 0.489 e. The molecule has 4 nitrogen and oxygen atoms in total. The quantitative estimate of drug-likeness (QED) is 0.509. The first-order valence-corrected chi connectivity index (χ1v) is 3.87. The van der Waals surface area contributed by atoms with E-state index in [1.165, 1.54) is 0 Å². The van der Waals surface area contributed by atoms with Gasteiger partial charge >= 0.3 is 7.12 Å². The molecule has 0 aromatic heterocycles. The van der Waals surface area contributed by atoms with Crippen LogP contribution in [0.15, 0.2) is 17.3 Å². The summed E-state index contributed by atoms with van der Waals surface area (Å²) >= 11 is 0. The zero-order valence-electron chi connectivity index (χ0n) is 7.48. The van der Waals surface area contributed by atoms with Gasteiger partial charge < -0.3 is 10.0 Å². The number of aryl methyl sites for hydroxylation is 1. The van der Waals surface area contributed by atoms with E-state index < -0.39 is 7.12 Å². The summed E-state index contributed by atoms with van der Waals surface area (Å²) in [5.74, 6) is 0. The van der Waals surface area contributed by atoms with Crippen molar-refractivity contribution in [2.24, 2.45) is 5.18 Å². The lowest BCUT2D eigenvalue weighted by molar-refractivity contribution is 0.425. The van der Waals surface area contributed by atoms with E-state index in [1.54, 1.807) is 26.0 Å². The van der Waals surface area contributed by atoms with Gasteiger partial charge in [-0.15, -0.1) is 4.91 Å². The molecular formula is C8H10BNO3.